The normalized spacial score (nSPS) is 11.2. The Labute approximate surface area is 109 Å². The van der Waals surface area contributed by atoms with Gasteiger partial charge in [-0.1, -0.05) is 12.1 Å². The number of anilines is 1. The van der Waals surface area contributed by atoms with Crippen LogP contribution in [-0.2, 0) is 16.6 Å². The zero-order chi connectivity index (χ0) is 13.9. The molecule has 0 saturated heterocycles. The molecule has 3 N–H and O–H groups in total. The third kappa shape index (κ3) is 3.18. The first-order valence-corrected chi connectivity index (χ1v) is 6.78. The van der Waals surface area contributed by atoms with Gasteiger partial charge in [0.25, 0.3) is 15.6 Å². The van der Waals surface area contributed by atoms with Crippen molar-refractivity contribution in [3.8, 4) is 0 Å². The van der Waals surface area contributed by atoms with Crippen LogP contribution in [-0.4, -0.2) is 23.7 Å². The van der Waals surface area contributed by atoms with Gasteiger partial charge in [0.15, 0.2) is 5.82 Å². The van der Waals surface area contributed by atoms with Crippen LogP contribution in [0.25, 0.3) is 0 Å². The van der Waals surface area contributed by atoms with Crippen LogP contribution in [0.3, 0.4) is 0 Å². The Morgan fingerprint density at radius 2 is 2.05 bits per heavy atom. The first-order chi connectivity index (χ1) is 9.01. The van der Waals surface area contributed by atoms with Crippen molar-refractivity contribution in [1.82, 2.24) is 10.2 Å². The molecule has 0 saturated carbocycles. The first-order valence-electron chi connectivity index (χ1n) is 5.29. The third-order valence-electron chi connectivity index (χ3n) is 2.31. The minimum absolute atomic E-state index is 0.00653. The highest BCUT2D eigenvalue weighted by atomic mass is 32.2. The van der Waals surface area contributed by atoms with Crippen LogP contribution in [0, 0.1) is 0 Å². The van der Waals surface area contributed by atoms with E-state index in [9.17, 15) is 13.2 Å². The number of aliphatic hydroxyl groups excluding tert-OH is 1. The van der Waals surface area contributed by atoms with Crippen LogP contribution >= 0.6 is 0 Å². The Morgan fingerprint density at radius 3 is 2.68 bits per heavy atom. The molecule has 0 atom stereocenters. The number of benzene rings is 1. The van der Waals surface area contributed by atoms with Crippen molar-refractivity contribution in [3.05, 3.63) is 52.3 Å². The van der Waals surface area contributed by atoms with Gasteiger partial charge in [-0.05, 0) is 23.8 Å². The zero-order valence-electron chi connectivity index (χ0n) is 9.70. The summed E-state index contributed by atoms with van der Waals surface area (Å²) in [5.41, 5.74) is 0.0579. The molecule has 7 nitrogen and oxygen atoms in total. The Balaban J connectivity index is 2.31. The van der Waals surface area contributed by atoms with Crippen LogP contribution in [0.1, 0.15) is 5.56 Å². The summed E-state index contributed by atoms with van der Waals surface area (Å²) in [7, 11) is -3.80. The molecule has 2 aromatic rings. The van der Waals surface area contributed by atoms with Crippen molar-refractivity contribution in [1.29, 1.82) is 0 Å². The lowest BCUT2D eigenvalue weighted by atomic mass is 10.2. The second-order valence-corrected chi connectivity index (χ2v) is 5.40. The number of hydrogen-bond donors (Lipinski definition) is 3. The number of aliphatic hydroxyl groups is 1. The molecule has 8 heteroatoms. The number of hydrogen-bond acceptors (Lipinski definition) is 5. The van der Waals surface area contributed by atoms with Gasteiger partial charge in [-0.2, -0.15) is 5.10 Å². The maximum absolute atomic E-state index is 12.0. The van der Waals surface area contributed by atoms with Crippen molar-refractivity contribution < 1.29 is 13.5 Å². The van der Waals surface area contributed by atoms with Crippen LogP contribution < -0.4 is 10.3 Å². The van der Waals surface area contributed by atoms with Gasteiger partial charge in [0, 0.05) is 6.07 Å². The summed E-state index contributed by atoms with van der Waals surface area (Å²) >= 11 is 0. The third-order valence-corrected chi connectivity index (χ3v) is 3.66. The summed E-state index contributed by atoms with van der Waals surface area (Å²) in [4.78, 5) is 10.8. The summed E-state index contributed by atoms with van der Waals surface area (Å²) < 4.78 is 26.3. The van der Waals surface area contributed by atoms with Gasteiger partial charge in [-0.25, -0.2) is 13.5 Å². The number of aromatic nitrogens is 2. The number of aromatic amines is 1. The second-order valence-electron chi connectivity index (χ2n) is 3.72. The van der Waals surface area contributed by atoms with E-state index in [1.54, 1.807) is 6.07 Å². The lowest BCUT2D eigenvalue weighted by Gasteiger charge is -2.07. The molecule has 0 spiro atoms. The highest BCUT2D eigenvalue weighted by Gasteiger charge is 2.15. The Hall–Kier alpha value is -2.19. The molecule has 1 heterocycles. The quantitative estimate of drug-likeness (QED) is 0.733. The molecule has 0 aliphatic heterocycles. The number of nitrogens with zero attached hydrogens (tertiary/aromatic N) is 1. The maximum Gasteiger partial charge on any atom is 0.264 e. The topological polar surface area (TPSA) is 112 Å². The van der Waals surface area contributed by atoms with Crippen LogP contribution in [0.15, 0.2) is 46.1 Å². The van der Waals surface area contributed by atoms with E-state index in [0.29, 0.717) is 5.56 Å². The second kappa shape index (κ2) is 5.21. The summed E-state index contributed by atoms with van der Waals surface area (Å²) in [6.07, 6.45) is 0. The van der Waals surface area contributed by atoms with E-state index in [0.717, 1.165) is 6.07 Å². The molecule has 2 rings (SSSR count). The van der Waals surface area contributed by atoms with Gasteiger partial charge < -0.3 is 5.11 Å². The van der Waals surface area contributed by atoms with Crippen molar-refractivity contribution in [3.63, 3.8) is 0 Å². The standard InChI is InChI=1S/C11H11N3O4S/c15-7-8-2-1-3-9(6-8)19(17,18)14-10-4-5-11(16)13-12-10/h1-6,15H,7H2,(H,12,14)(H,13,16). The van der Waals surface area contributed by atoms with E-state index in [-0.39, 0.29) is 17.3 Å². The number of sulfonamides is 1. The summed E-state index contributed by atoms with van der Waals surface area (Å²) in [5, 5.41) is 14.7. The molecule has 19 heavy (non-hydrogen) atoms. The van der Waals surface area contributed by atoms with E-state index in [1.807, 2.05) is 0 Å². The van der Waals surface area contributed by atoms with E-state index in [2.05, 4.69) is 14.9 Å². The van der Waals surface area contributed by atoms with Gasteiger partial charge in [-0.3, -0.25) is 9.52 Å². The van der Waals surface area contributed by atoms with Gasteiger partial charge in [0.05, 0.1) is 11.5 Å². The molecule has 0 fully saturated rings. The Bertz CT molecular complexity index is 719. The molecule has 0 bridgehead atoms. The predicted molar refractivity (Wildman–Crippen MR) is 68.0 cm³/mol. The van der Waals surface area contributed by atoms with Crippen LogP contribution in [0.5, 0.6) is 0 Å². The summed E-state index contributed by atoms with van der Waals surface area (Å²) in [5.74, 6) is 0.00833. The van der Waals surface area contributed by atoms with Gasteiger partial charge in [0.1, 0.15) is 0 Å². The largest absolute Gasteiger partial charge is 0.392 e. The molecule has 1 aromatic carbocycles. The maximum atomic E-state index is 12.0. The van der Waals surface area contributed by atoms with Crippen molar-refractivity contribution in [2.45, 2.75) is 11.5 Å². The first kappa shape index (κ1) is 13.2. The highest BCUT2D eigenvalue weighted by molar-refractivity contribution is 7.92. The van der Waals surface area contributed by atoms with Crippen LogP contribution in [0.2, 0.25) is 0 Å². The van der Waals surface area contributed by atoms with E-state index >= 15 is 0 Å². The summed E-state index contributed by atoms with van der Waals surface area (Å²) in [6, 6.07) is 8.31. The lowest BCUT2D eigenvalue weighted by molar-refractivity contribution is 0.281. The molecule has 0 unspecified atom stereocenters. The van der Waals surface area contributed by atoms with E-state index < -0.39 is 15.6 Å². The smallest absolute Gasteiger partial charge is 0.264 e. The molecular weight excluding hydrogens is 270 g/mol. The number of H-pyrrole nitrogens is 1. The number of nitrogens with one attached hydrogen (secondary N) is 2. The Morgan fingerprint density at radius 1 is 1.26 bits per heavy atom. The molecule has 0 aliphatic carbocycles. The minimum atomic E-state index is -3.80. The van der Waals surface area contributed by atoms with Crippen molar-refractivity contribution in [2.24, 2.45) is 0 Å². The average molecular weight is 281 g/mol. The van der Waals surface area contributed by atoms with E-state index in [1.165, 1.54) is 24.3 Å². The van der Waals surface area contributed by atoms with Gasteiger partial charge in [-0.15, -0.1) is 0 Å². The molecule has 0 amide bonds. The minimum Gasteiger partial charge on any atom is -0.392 e. The molecule has 1 aromatic heterocycles. The van der Waals surface area contributed by atoms with E-state index in [4.69, 9.17) is 5.11 Å². The lowest BCUT2D eigenvalue weighted by Crippen LogP contribution is -2.16. The predicted octanol–water partition coefficient (Wildman–Crippen LogP) is 0.0630. The van der Waals surface area contributed by atoms with Crippen molar-refractivity contribution >= 4 is 15.8 Å². The fraction of sp³-hybridized carbons (Fsp3) is 0.0909. The molecule has 0 aliphatic rings. The fourth-order valence-electron chi connectivity index (χ4n) is 1.41. The summed E-state index contributed by atoms with van der Waals surface area (Å²) in [6.45, 7) is -0.250. The van der Waals surface area contributed by atoms with Gasteiger partial charge >= 0.3 is 0 Å². The molecule has 100 valence electrons. The van der Waals surface area contributed by atoms with Gasteiger partial charge in [0.2, 0.25) is 0 Å². The fourth-order valence-corrected chi connectivity index (χ4v) is 2.48. The molecule has 0 radical (unpaired) electrons. The monoisotopic (exact) mass is 281 g/mol. The van der Waals surface area contributed by atoms with Crippen LogP contribution in [0.4, 0.5) is 5.82 Å². The average Bonchev–Trinajstić information content (AvgIpc) is 2.41. The molecular formula is C11H11N3O4S. The highest BCUT2D eigenvalue weighted by Crippen LogP contribution is 2.14. The number of rotatable bonds is 4. The van der Waals surface area contributed by atoms with Crippen molar-refractivity contribution in [2.75, 3.05) is 4.72 Å². The Kier molecular flexibility index (Phi) is 3.63. The zero-order valence-corrected chi connectivity index (χ0v) is 10.5. The SMILES string of the molecule is O=c1ccc(NS(=O)(=O)c2cccc(CO)c2)n[nH]1.